The smallest absolute Gasteiger partial charge is 0.323 e. The van der Waals surface area contributed by atoms with Gasteiger partial charge in [0.15, 0.2) is 0 Å². The Balaban J connectivity index is 4.34. The largest absolute Gasteiger partial charge is 0.480 e. The molecule has 0 aliphatic heterocycles. The minimum atomic E-state index is -1.18. The number of carbonyl (C=O) groups is 1. The van der Waals surface area contributed by atoms with Crippen LogP contribution in [0.1, 0.15) is 25.7 Å². The molecule has 1 atom stereocenters. The molecule has 19 heavy (non-hydrogen) atoms. The molecular weight excluding hydrogens is 243 g/mol. The maximum atomic E-state index is 11.3. The number of carboxylic acids is 1. The Morgan fingerprint density at radius 2 is 1.68 bits per heavy atom. The molecule has 2 radical (unpaired) electrons. The van der Waals surface area contributed by atoms with E-state index < -0.39 is 11.5 Å². The Labute approximate surface area is 117 Å². The SMILES string of the molecule is [B]CCCCC(N)(CCN(CCN)CCN)C(=O)O. The van der Waals surface area contributed by atoms with Crippen molar-refractivity contribution in [3.8, 4) is 0 Å². The molecule has 0 saturated carbocycles. The summed E-state index contributed by atoms with van der Waals surface area (Å²) in [6.45, 7) is 3.06. The fraction of sp³-hybridized carbons (Fsp3) is 0.917. The summed E-state index contributed by atoms with van der Waals surface area (Å²) in [4.78, 5) is 13.4. The van der Waals surface area contributed by atoms with Crippen LogP contribution in [0, 0.1) is 0 Å². The van der Waals surface area contributed by atoms with E-state index in [4.69, 9.17) is 25.0 Å². The van der Waals surface area contributed by atoms with Gasteiger partial charge in [0.05, 0.1) is 7.85 Å². The second kappa shape index (κ2) is 10.2. The fourth-order valence-electron chi connectivity index (χ4n) is 1.98. The number of rotatable bonds is 12. The third-order valence-corrected chi connectivity index (χ3v) is 3.27. The molecule has 0 rings (SSSR count). The van der Waals surface area contributed by atoms with Crippen LogP contribution in [0.2, 0.25) is 6.32 Å². The minimum absolute atomic E-state index is 0.396. The van der Waals surface area contributed by atoms with E-state index >= 15 is 0 Å². The maximum absolute atomic E-state index is 11.3. The van der Waals surface area contributed by atoms with Gasteiger partial charge in [-0.2, -0.15) is 0 Å². The van der Waals surface area contributed by atoms with E-state index in [1.54, 1.807) is 0 Å². The van der Waals surface area contributed by atoms with Gasteiger partial charge in [-0.25, -0.2) is 0 Å². The highest BCUT2D eigenvalue weighted by atomic mass is 16.4. The van der Waals surface area contributed by atoms with Gasteiger partial charge in [0, 0.05) is 32.7 Å². The van der Waals surface area contributed by atoms with Gasteiger partial charge in [0.25, 0.3) is 0 Å². The lowest BCUT2D eigenvalue weighted by molar-refractivity contribution is -0.144. The Morgan fingerprint density at radius 3 is 2.11 bits per heavy atom. The van der Waals surface area contributed by atoms with Crippen LogP contribution in [0.15, 0.2) is 0 Å². The summed E-state index contributed by atoms with van der Waals surface area (Å²) in [5, 5.41) is 9.28. The third-order valence-electron chi connectivity index (χ3n) is 3.27. The first-order chi connectivity index (χ1) is 9.00. The fourth-order valence-corrected chi connectivity index (χ4v) is 1.98. The molecule has 0 fully saturated rings. The van der Waals surface area contributed by atoms with Crippen LogP contribution in [-0.2, 0) is 4.79 Å². The lowest BCUT2D eigenvalue weighted by Crippen LogP contribution is -2.50. The summed E-state index contributed by atoms with van der Waals surface area (Å²) in [7, 11) is 5.41. The van der Waals surface area contributed by atoms with Gasteiger partial charge in [-0.1, -0.05) is 19.2 Å². The zero-order valence-electron chi connectivity index (χ0n) is 11.7. The molecule has 7 N–H and O–H groups in total. The van der Waals surface area contributed by atoms with Crippen molar-refractivity contribution in [2.45, 2.75) is 37.5 Å². The summed E-state index contributed by atoms with van der Waals surface area (Å²) in [5.74, 6) is -0.954. The second-order valence-electron chi connectivity index (χ2n) is 4.88. The van der Waals surface area contributed by atoms with Gasteiger partial charge >= 0.3 is 5.97 Å². The quantitative estimate of drug-likeness (QED) is 0.270. The highest BCUT2D eigenvalue weighted by molar-refractivity contribution is 6.08. The Bertz CT molecular complexity index is 250. The highest BCUT2D eigenvalue weighted by Gasteiger charge is 2.33. The van der Waals surface area contributed by atoms with E-state index in [1.807, 2.05) is 4.90 Å². The molecule has 0 aliphatic rings. The predicted octanol–water partition coefficient (Wildman–Crippen LogP) is -0.865. The van der Waals surface area contributed by atoms with Crippen molar-refractivity contribution in [1.29, 1.82) is 0 Å². The van der Waals surface area contributed by atoms with Crippen LogP contribution < -0.4 is 17.2 Å². The number of aliphatic carboxylic acids is 1. The van der Waals surface area contributed by atoms with Crippen LogP contribution in [0.25, 0.3) is 0 Å². The minimum Gasteiger partial charge on any atom is -0.480 e. The molecule has 7 heteroatoms. The number of hydrogen-bond acceptors (Lipinski definition) is 5. The van der Waals surface area contributed by atoms with E-state index in [-0.39, 0.29) is 0 Å². The van der Waals surface area contributed by atoms with E-state index in [2.05, 4.69) is 0 Å². The van der Waals surface area contributed by atoms with E-state index in [1.165, 1.54) is 0 Å². The Hall–Kier alpha value is -0.625. The molecule has 0 amide bonds. The lowest BCUT2D eigenvalue weighted by atomic mass is 9.88. The van der Waals surface area contributed by atoms with Crippen LogP contribution in [0.4, 0.5) is 0 Å². The standard InChI is InChI=1S/C12H27BN4O2/c13-5-2-1-3-12(16,11(18)19)4-8-17(9-6-14)10-7-15/h1-10,14-16H2,(H,18,19). The van der Waals surface area contributed by atoms with Crippen LogP contribution in [0.3, 0.4) is 0 Å². The Kier molecular flexibility index (Phi) is 9.86. The Morgan fingerprint density at radius 1 is 1.11 bits per heavy atom. The average Bonchev–Trinajstić information content (AvgIpc) is 2.36. The second-order valence-corrected chi connectivity index (χ2v) is 4.88. The van der Waals surface area contributed by atoms with Crippen molar-refractivity contribution in [2.24, 2.45) is 17.2 Å². The maximum Gasteiger partial charge on any atom is 0.323 e. The zero-order valence-corrected chi connectivity index (χ0v) is 11.7. The van der Waals surface area contributed by atoms with Gasteiger partial charge in [-0.3, -0.25) is 4.79 Å². The van der Waals surface area contributed by atoms with Crippen molar-refractivity contribution in [3.05, 3.63) is 0 Å². The van der Waals surface area contributed by atoms with Crippen molar-refractivity contribution in [2.75, 3.05) is 32.7 Å². The molecule has 0 aromatic heterocycles. The molecule has 0 bridgehead atoms. The molecule has 0 aromatic carbocycles. The van der Waals surface area contributed by atoms with E-state index in [0.29, 0.717) is 51.9 Å². The summed E-state index contributed by atoms with van der Waals surface area (Å²) in [5.41, 5.74) is 15.8. The average molecular weight is 270 g/mol. The molecule has 6 nitrogen and oxygen atoms in total. The molecule has 110 valence electrons. The lowest BCUT2D eigenvalue weighted by Gasteiger charge is -2.29. The van der Waals surface area contributed by atoms with Crippen molar-refractivity contribution in [1.82, 2.24) is 4.90 Å². The van der Waals surface area contributed by atoms with Gasteiger partial charge in [-0.05, 0) is 12.8 Å². The number of carboxylic acid groups (broad SMARTS) is 1. The summed E-state index contributed by atoms with van der Waals surface area (Å²) in [6, 6.07) is 0. The van der Waals surface area contributed by atoms with Crippen LogP contribution in [0.5, 0.6) is 0 Å². The monoisotopic (exact) mass is 270 g/mol. The molecule has 0 saturated heterocycles. The molecule has 0 heterocycles. The first-order valence-corrected chi connectivity index (χ1v) is 6.85. The topological polar surface area (TPSA) is 119 Å². The molecule has 1 unspecified atom stereocenters. The predicted molar refractivity (Wildman–Crippen MR) is 78.1 cm³/mol. The van der Waals surface area contributed by atoms with Crippen molar-refractivity contribution < 1.29 is 9.90 Å². The van der Waals surface area contributed by atoms with Crippen LogP contribution >= 0.6 is 0 Å². The first kappa shape index (κ1) is 18.4. The summed E-state index contributed by atoms with van der Waals surface area (Å²) < 4.78 is 0. The zero-order chi connectivity index (χ0) is 14.7. The number of nitrogens with two attached hydrogens (primary N) is 3. The number of unbranched alkanes of at least 4 members (excludes halogenated alkanes) is 1. The van der Waals surface area contributed by atoms with E-state index in [0.717, 1.165) is 12.8 Å². The van der Waals surface area contributed by atoms with Crippen molar-refractivity contribution >= 4 is 13.8 Å². The summed E-state index contributed by atoms with van der Waals surface area (Å²) in [6.07, 6.45) is 2.92. The number of hydrogen-bond donors (Lipinski definition) is 4. The summed E-state index contributed by atoms with van der Waals surface area (Å²) >= 11 is 0. The van der Waals surface area contributed by atoms with Gasteiger partial charge in [-0.15, -0.1) is 0 Å². The molecular formula is C12H27BN4O2. The highest BCUT2D eigenvalue weighted by Crippen LogP contribution is 2.17. The number of nitrogens with zero attached hydrogens (tertiary/aromatic N) is 1. The van der Waals surface area contributed by atoms with E-state index in [9.17, 15) is 9.90 Å². The molecule has 0 aromatic rings. The van der Waals surface area contributed by atoms with Crippen LogP contribution in [-0.4, -0.2) is 62.1 Å². The normalized spacial score (nSPS) is 14.5. The third kappa shape index (κ3) is 7.52. The van der Waals surface area contributed by atoms with Crippen molar-refractivity contribution in [3.63, 3.8) is 0 Å². The molecule has 0 spiro atoms. The molecule has 0 aliphatic carbocycles. The van der Waals surface area contributed by atoms with Gasteiger partial charge < -0.3 is 27.2 Å². The van der Waals surface area contributed by atoms with Gasteiger partial charge in [0.2, 0.25) is 0 Å². The first-order valence-electron chi connectivity index (χ1n) is 6.85. The van der Waals surface area contributed by atoms with Gasteiger partial charge in [0.1, 0.15) is 5.54 Å².